The van der Waals surface area contributed by atoms with E-state index in [2.05, 4.69) is 48.3 Å². The molecule has 1 aliphatic heterocycles. The fourth-order valence-electron chi connectivity index (χ4n) is 6.57. The summed E-state index contributed by atoms with van der Waals surface area (Å²) < 4.78 is 0. The van der Waals surface area contributed by atoms with Gasteiger partial charge in [0.25, 0.3) is 5.91 Å². The van der Waals surface area contributed by atoms with Gasteiger partial charge in [0.2, 0.25) is 17.6 Å². The smallest absolute Gasteiger partial charge is 0.315 e. The third-order valence-corrected chi connectivity index (χ3v) is 9.35. The van der Waals surface area contributed by atoms with Crippen LogP contribution in [0.15, 0.2) is 25.3 Å². The second kappa shape index (κ2) is 14.1. The molecule has 0 aromatic carbocycles. The number of Topliss-reactive ketones (excluding diaryl/α,β-unsaturated/α-hetero) is 1. The minimum atomic E-state index is -1.04. The molecule has 0 bridgehead atoms. The lowest BCUT2D eigenvalue weighted by Gasteiger charge is -2.37. The molecule has 2 saturated carbocycles. The first-order chi connectivity index (χ1) is 19.5. The van der Waals surface area contributed by atoms with Gasteiger partial charge in [-0.3, -0.25) is 19.2 Å². The highest BCUT2D eigenvalue weighted by Crippen LogP contribution is 2.65. The predicted octanol–water partition coefficient (Wildman–Crippen LogP) is 2.84. The summed E-state index contributed by atoms with van der Waals surface area (Å²) in [6.45, 7) is 15.9. The van der Waals surface area contributed by atoms with Gasteiger partial charge in [-0.25, -0.2) is 4.79 Å². The Morgan fingerprint density at radius 1 is 1.00 bits per heavy atom. The van der Waals surface area contributed by atoms with Gasteiger partial charge in [0.15, 0.2) is 0 Å². The van der Waals surface area contributed by atoms with Crippen molar-refractivity contribution in [2.75, 3.05) is 13.1 Å². The predicted molar refractivity (Wildman–Crippen MR) is 158 cm³/mol. The van der Waals surface area contributed by atoms with Crippen molar-refractivity contribution >= 4 is 29.5 Å². The third-order valence-electron chi connectivity index (χ3n) is 9.35. The molecule has 41 heavy (non-hydrogen) atoms. The first-order valence-corrected chi connectivity index (χ1v) is 15.2. The summed E-state index contributed by atoms with van der Waals surface area (Å²) in [5.74, 6) is -2.18. The SMILES string of the molecule is C=CCCC(NC(=O)[C@@H]1C2C(CN1C(=O)[C@@H](NC(=O)NC(C)CC)C1CCCCC1)C2(C)C)C(=O)C(=O)NCC=C. The number of ketones is 1. The normalized spacial score (nSPS) is 25.1. The number of carbonyl (C=O) groups is 5. The molecule has 4 N–H and O–H groups in total. The van der Waals surface area contributed by atoms with E-state index in [1.807, 2.05) is 13.8 Å². The average Bonchev–Trinajstić information content (AvgIpc) is 3.27. The molecule has 1 heterocycles. The summed E-state index contributed by atoms with van der Waals surface area (Å²) in [6, 6.07) is -2.99. The number of hydrogen-bond donors (Lipinski definition) is 4. The highest BCUT2D eigenvalue weighted by Gasteiger charge is 2.69. The van der Waals surface area contributed by atoms with E-state index in [9.17, 15) is 24.0 Å². The van der Waals surface area contributed by atoms with Crippen molar-refractivity contribution in [1.29, 1.82) is 0 Å². The van der Waals surface area contributed by atoms with Gasteiger partial charge >= 0.3 is 6.03 Å². The van der Waals surface area contributed by atoms with Crippen molar-refractivity contribution in [1.82, 2.24) is 26.2 Å². The van der Waals surface area contributed by atoms with Crippen molar-refractivity contribution in [2.45, 2.75) is 103 Å². The molecule has 0 aromatic rings. The molecular formula is C31H49N5O5. The first kappa shape index (κ1) is 32.3. The van der Waals surface area contributed by atoms with E-state index in [4.69, 9.17) is 0 Å². The lowest BCUT2D eigenvalue weighted by Crippen LogP contribution is -2.60. The van der Waals surface area contributed by atoms with Crippen LogP contribution in [0.4, 0.5) is 4.79 Å². The van der Waals surface area contributed by atoms with Crippen LogP contribution in [-0.4, -0.2) is 71.7 Å². The first-order valence-electron chi connectivity index (χ1n) is 15.2. The van der Waals surface area contributed by atoms with Crippen LogP contribution in [-0.2, 0) is 19.2 Å². The highest BCUT2D eigenvalue weighted by molar-refractivity contribution is 6.38. The maximum Gasteiger partial charge on any atom is 0.315 e. The molecule has 1 saturated heterocycles. The Kier molecular flexibility index (Phi) is 11.2. The van der Waals surface area contributed by atoms with Gasteiger partial charge in [-0.2, -0.15) is 0 Å². The number of hydrogen-bond acceptors (Lipinski definition) is 5. The molecule has 0 aromatic heterocycles. The monoisotopic (exact) mass is 571 g/mol. The molecule has 0 radical (unpaired) electrons. The highest BCUT2D eigenvalue weighted by atomic mass is 16.2. The number of amides is 5. The maximum atomic E-state index is 14.2. The summed E-state index contributed by atoms with van der Waals surface area (Å²) >= 11 is 0. The molecule has 10 nitrogen and oxygen atoms in total. The molecule has 3 fully saturated rings. The Hall–Kier alpha value is -3.17. The topological polar surface area (TPSA) is 137 Å². The Morgan fingerprint density at radius 3 is 2.29 bits per heavy atom. The van der Waals surface area contributed by atoms with E-state index >= 15 is 0 Å². The second-order valence-corrected chi connectivity index (χ2v) is 12.5. The summed E-state index contributed by atoms with van der Waals surface area (Å²) in [5.41, 5.74) is -0.136. The van der Waals surface area contributed by atoms with Gasteiger partial charge < -0.3 is 26.2 Å². The number of nitrogens with zero attached hydrogens (tertiary/aromatic N) is 1. The minimum Gasteiger partial charge on any atom is -0.346 e. The number of piperidine rings is 1. The Morgan fingerprint density at radius 2 is 1.68 bits per heavy atom. The lowest BCUT2D eigenvalue weighted by atomic mass is 9.83. The van der Waals surface area contributed by atoms with Gasteiger partial charge in [-0.05, 0) is 62.2 Å². The quantitative estimate of drug-likeness (QED) is 0.188. The van der Waals surface area contributed by atoms with Crippen molar-refractivity contribution in [3.63, 3.8) is 0 Å². The fourth-order valence-corrected chi connectivity index (χ4v) is 6.57. The summed E-state index contributed by atoms with van der Waals surface area (Å²) in [7, 11) is 0. The van der Waals surface area contributed by atoms with Crippen molar-refractivity contribution < 1.29 is 24.0 Å². The van der Waals surface area contributed by atoms with Crippen LogP contribution in [0.3, 0.4) is 0 Å². The summed E-state index contributed by atoms with van der Waals surface area (Å²) in [4.78, 5) is 67.9. The summed E-state index contributed by atoms with van der Waals surface area (Å²) in [6.07, 6.45) is 9.26. The number of nitrogens with one attached hydrogen (secondary N) is 4. The lowest BCUT2D eigenvalue weighted by molar-refractivity contribution is -0.144. The summed E-state index contributed by atoms with van der Waals surface area (Å²) in [5, 5.41) is 11.2. The Labute approximate surface area is 244 Å². The van der Waals surface area contributed by atoms with Crippen molar-refractivity contribution in [3.8, 4) is 0 Å². The zero-order valence-electron chi connectivity index (χ0n) is 25.2. The van der Waals surface area contributed by atoms with Crippen LogP contribution in [0, 0.1) is 23.2 Å². The van der Waals surface area contributed by atoms with E-state index in [1.165, 1.54) is 6.08 Å². The second-order valence-electron chi connectivity index (χ2n) is 12.5. The minimum absolute atomic E-state index is 0.0111. The van der Waals surface area contributed by atoms with E-state index in [-0.39, 0.29) is 54.1 Å². The van der Waals surface area contributed by atoms with E-state index in [1.54, 1.807) is 11.0 Å². The molecule has 6 atom stereocenters. The Balaban J connectivity index is 1.84. The number of carbonyl (C=O) groups excluding carboxylic acids is 5. The average molecular weight is 572 g/mol. The molecule has 3 aliphatic rings. The number of allylic oxidation sites excluding steroid dienone is 1. The van der Waals surface area contributed by atoms with Gasteiger partial charge in [-0.1, -0.05) is 52.2 Å². The standard InChI is InChI=1S/C31H49N5O5/c1-7-10-16-22(26(37)28(39)32-17-8-2)34-27(38)25-23-21(31(23,5)6)18-36(25)29(40)24(20-14-12-11-13-15-20)35-30(41)33-19(4)9-3/h7-8,19-25H,1-2,9-18H2,3-6H3,(H,32,39)(H,34,38)(H2,33,35,41)/t19?,21?,22?,23?,24-,25-/m0/s1. The van der Waals surface area contributed by atoms with Crippen LogP contribution >= 0.6 is 0 Å². The van der Waals surface area contributed by atoms with Crippen LogP contribution in [0.1, 0.15) is 79.1 Å². The maximum absolute atomic E-state index is 14.2. The van der Waals surface area contributed by atoms with Crippen LogP contribution in [0.25, 0.3) is 0 Å². The van der Waals surface area contributed by atoms with Crippen molar-refractivity contribution in [2.24, 2.45) is 23.2 Å². The van der Waals surface area contributed by atoms with Crippen LogP contribution < -0.4 is 21.3 Å². The number of likely N-dealkylation sites (tertiary alicyclic amines) is 1. The number of rotatable bonds is 14. The van der Waals surface area contributed by atoms with Gasteiger partial charge in [-0.15, -0.1) is 13.2 Å². The molecule has 4 unspecified atom stereocenters. The molecule has 3 rings (SSSR count). The van der Waals surface area contributed by atoms with Gasteiger partial charge in [0, 0.05) is 19.1 Å². The number of fused-ring (bicyclic) bond motifs is 1. The fraction of sp³-hybridized carbons (Fsp3) is 0.710. The molecule has 228 valence electrons. The number of urea groups is 1. The third kappa shape index (κ3) is 7.57. The molecule has 2 aliphatic carbocycles. The van der Waals surface area contributed by atoms with Gasteiger partial charge in [0.1, 0.15) is 12.1 Å². The van der Waals surface area contributed by atoms with Crippen LogP contribution in [0.2, 0.25) is 0 Å². The molecule has 10 heteroatoms. The van der Waals surface area contributed by atoms with Crippen LogP contribution in [0.5, 0.6) is 0 Å². The molecule has 0 spiro atoms. The Bertz CT molecular complexity index is 1020. The van der Waals surface area contributed by atoms with E-state index < -0.39 is 35.7 Å². The zero-order valence-corrected chi connectivity index (χ0v) is 25.2. The molecule has 5 amide bonds. The van der Waals surface area contributed by atoms with E-state index in [0.29, 0.717) is 13.0 Å². The largest absolute Gasteiger partial charge is 0.346 e. The zero-order chi connectivity index (χ0) is 30.3. The van der Waals surface area contributed by atoms with Gasteiger partial charge in [0.05, 0.1) is 6.04 Å². The molecular weight excluding hydrogens is 522 g/mol. The van der Waals surface area contributed by atoms with E-state index in [0.717, 1.165) is 38.5 Å². The van der Waals surface area contributed by atoms with Crippen molar-refractivity contribution in [3.05, 3.63) is 25.3 Å².